The van der Waals surface area contributed by atoms with E-state index in [1.807, 2.05) is 30.3 Å². The molecule has 1 aromatic carbocycles. The van der Waals surface area contributed by atoms with E-state index in [0.29, 0.717) is 24.1 Å². The van der Waals surface area contributed by atoms with Crippen LogP contribution in [0, 0.1) is 0 Å². The summed E-state index contributed by atoms with van der Waals surface area (Å²) in [5.41, 5.74) is 2.27. The van der Waals surface area contributed by atoms with Crippen molar-refractivity contribution in [1.82, 2.24) is 10.3 Å². The van der Waals surface area contributed by atoms with E-state index < -0.39 is 5.54 Å². The molecule has 0 amide bonds. The molecule has 5 rings (SSSR count). The van der Waals surface area contributed by atoms with Gasteiger partial charge in [-0.05, 0) is 36.5 Å². The van der Waals surface area contributed by atoms with E-state index in [1.54, 1.807) is 24.5 Å². The molecule has 4 heterocycles. The van der Waals surface area contributed by atoms with Gasteiger partial charge in [-0.25, -0.2) is 4.98 Å². The smallest absolute Gasteiger partial charge is 0.213 e. The molecule has 0 fully saturated rings. The lowest BCUT2D eigenvalue weighted by Gasteiger charge is -2.42. The molecule has 0 radical (unpaired) electrons. The number of methoxy groups -OCH3 is 1. The van der Waals surface area contributed by atoms with Crippen molar-refractivity contribution in [3.05, 3.63) is 69.0 Å². The molecule has 0 saturated carbocycles. The summed E-state index contributed by atoms with van der Waals surface area (Å²) in [6, 6.07) is 15.9. The molecule has 2 aliphatic heterocycles. The molecule has 1 atom stereocenters. The summed E-state index contributed by atoms with van der Waals surface area (Å²) in [5, 5.41) is 4.15. The molecular formula is C20H16ClN3O2S2. The molecule has 8 heteroatoms. The van der Waals surface area contributed by atoms with E-state index >= 15 is 0 Å². The first-order valence-electron chi connectivity index (χ1n) is 8.72. The number of thiocarbonyl (C=S) groups is 1. The normalized spacial score (nSPS) is 19.8. The van der Waals surface area contributed by atoms with Crippen LogP contribution in [-0.4, -0.2) is 23.8 Å². The van der Waals surface area contributed by atoms with Crippen LogP contribution >= 0.6 is 35.2 Å². The predicted molar refractivity (Wildman–Crippen MR) is 115 cm³/mol. The fraction of sp³-hybridized carbons (Fsp3) is 0.200. The molecule has 1 N–H and O–H groups in total. The van der Waals surface area contributed by atoms with E-state index in [-0.39, 0.29) is 0 Å². The van der Waals surface area contributed by atoms with Crippen LogP contribution < -0.4 is 19.7 Å². The summed E-state index contributed by atoms with van der Waals surface area (Å²) in [6.45, 7) is 1.06. The van der Waals surface area contributed by atoms with Crippen LogP contribution in [0.15, 0.2) is 48.5 Å². The van der Waals surface area contributed by atoms with E-state index in [9.17, 15) is 0 Å². The van der Waals surface area contributed by atoms with E-state index in [4.69, 9.17) is 38.3 Å². The second-order valence-corrected chi connectivity index (χ2v) is 8.82. The number of pyridine rings is 1. The van der Waals surface area contributed by atoms with Crippen molar-refractivity contribution >= 4 is 46.0 Å². The standard InChI is InChI=1S/C20H16ClN3O2S2/c1-25-17-9-7-15-18(22-17)20(11-26-15)13-4-2-3-5-14(13)24(19(27)23-20)10-12-6-8-16(21)28-12/h2-9H,10-11H2,1H3,(H,23,27). The maximum atomic E-state index is 6.11. The molecule has 5 nitrogen and oxygen atoms in total. The molecule has 2 aromatic heterocycles. The van der Waals surface area contributed by atoms with Gasteiger partial charge in [-0.1, -0.05) is 29.8 Å². The van der Waals surface area contributed by atoms with Gasteiger partial charge in [0.05, 0.1) is 18.0 Å². The average Bonchev–Trinajstić information content (AvgIpc) is 3.29. The van der Waals surface area contributed by atoms with Crippen LogP contribution in [0.4, 0.5) is 5.69 Å². The van der Waals surface area contributed by atoms with Gasteiger partial charge in [-0.15, -0.1) is 11.3 Å². The second-order valence-electron chi connectivity index (χ2n) is 6.63. The number of thiophene rings is 1. The molecule has 1 unspecified atom stereocenters. The number of halogens is 1. The van der Waals surface area contributed by atoms with Crippen molar-refractivity contribution in [3.8, 4) is 11.6 Å². The molecule has 3 aromatic rings. The molecule has 2 aliphatic rings. The quantitative estimate of drug-likeness (QED) is 0.625. The van der Waals surface area contributed by atoms with Crippen LogP contribution in [0.3, 0.4) is 0 Å². The Bertz CT molecular complexity index is 1090. The highest BCUT2D eigenvalue weighted by atomic mass is 35.5. The number of benzene rings is 1. The molecule has 1 spiro atoms. The van der Waals surface area contributed by atoms with Gasteiger partial charge in [0.2, 0.25) is 5.88 Å². The third kappa shape index (κ3) is 2.65. The Labute approximate surface area is 176 Å². The number of para-hydroxylation sites is 1. The number of hydrogen-bond acceptors (Lipinski definition) is 5. The molecule has 28 heavy (non-hydrogen) atoms. The summed E-state index contributed by atoms with van der Waals surface area (Å²) in [6.07, 6.45) is 0. The lowest BCUT2D eigenvalue weighted by molar-refractivity contribution is 0.277. The Morgan fingerprint density at radius 3 is 2.93 bits per heavy atom. The number of hydrogen-bond donors (Lipinski definition) is 1. The summed E-state index contributed by atoms with van der Waals surface area (Å²) < 4.78 is 12.1. The van der Waals surface area contributed by atoms with E-state index in [1.165, 1.54) is 0 Å². The second kappa shape index (κ2) is 6.62. The topological polar surface area (TPSA) is 46.6 Å². The number of aromatic nitrogens is 1. The van der Waals surface area contributed by atoms with Crippen molar-refractivity contribution in [2.45, 2.75) is 12.1 Å². The van der Waals surface area contributed by atoms with Gasteiger partial charge in [0.1, 0.15) is 23.6 Å². The van der Waals surface area contributed by atoms with Crippen molar-refractivity contribution in [2.75, 3.05) is 18.6 Å². The number of fused-ring (bicyclic) bond motifs is 4. The maximum Gasteiger partial charge on any atom is 0.213 e. The Kier molecular flexibility index (Phi) is 4.19. The zero-order valence-corrected chi connectivity index (χ0v) is 17.3. The number of rotatable bonds is 3. The lowest BCUT2D eigenvalue weighted by Crippen LogP contribution is -2.57. The molecule has 142 valence electrons. The molecular weight excluding hydrogens is 414 g/mol. The van der Waals surface area contributed by atoms with Crippen LogP contribution in [0.2, 0.25) is 4.34 Å². The van der Waals surface area contributed by atoms with Crippen molar-refractivity contribution in [2.24, 2.45) is 0 Å². The minimum absolute atomic E-state index is 0.415. The number of ether oxygens (including phenoxy) is 2. The molecule has 0 aliphatic carbocycles. The lowest BCUT2D eigenvalue weighted by atomic mass is 9.84. The van der Waals surface area contributed by atoms with Gasteiger partial charge in [-0.2, -0.15) is 0 Å². The number of anilines is 1. The largest absolute Gasteiger partial charge is 0.488 e. The van der Waals surface area contributed by atoms with Crippen molar-refractivity contribution in [3.63, 3.8) is 0 Å². The Hall–Kier alpha value is -2.35. The number of nitrogens with zero attached hydrogens (tertiary/aromatic N) is 2. The summed E-state index contributed by atoms with van der Waals surface area (Å²) in [5.74, 6) is 1.29. The van der Waals surface area contributed by atoms with Gasteiger partial charge >= 0.3 is 0 Å². The highest BCUT2D eigenvalue weighted by Gasteiger charge is 2.50. The summed E-state index contributed by atoms with van der Waals surface area (Å²) in [4.78, 5) is 7.93. The van der Waals surface area contributed by atoms with Gasteiger partial charge in [0.25, 0.3) is 0 Å². The van der Waals surface area contributed by atoms with Gasteiger partial charge < -0.3 is 19.7 Å². The monoisotopic (exact) mass is 429 g/mol. The minimum Gasteiger partial charge on any atom is -0.488 e. The van der Waals surface area contributed by atoms with Gasteiger partial charge in [-0.3, -0.25) is 0 Å². The minimum atomic E-state index is -0.638. The third-order valence-electron chi connectivity index (χ3n) is 5.05. The van der Waals surface area contributed by atoms with Crippen LogP contribution in [0.1, 0.15) is 16.1 Å². The predicted octanol–water partition coefficient (Wildman–Crippen LogP) is 4.34. The summed E-state index contributed by atoms with van der Waals surface area (Å²) in [7, 11) is 1.61. The maximum absolute atomic E-state index is 6.11. The Morgan fingerprint density at radius 2 is 2.14 bits per heavy atom. The highest BCUT2D eigenvalue weighted by molar-refractivity contribution is 7.80. The SMILES string of the molecule is COc1ccc2c(n1)C1(CO2)NC(=S)N(Cc2ccc(Cl)s2)c2ccccc21. The van der Waals surface area contributed by atoms with Crippen LogP contribution in [0.25, 0.3) is 0 Å². The van der Waals surface area contributed by atoms with E-state index in [2.05, 4.69) is 22.3 Å². The molecule has 0 saturated heterocycles. The number of nitrogens with one attached hydrogen (secondary N) is 1. The first kappa shape index (κ1) is 17.7. The Balaban J connectivity index is 1.63. The van der Waals surface area contributed by atoms with Crippen LogP contribution in [-0.2, 0) is 12.1 Å². The first-order chi connectivity index (χ1) is 13.6. The van der Waals surface area contributed by atoms with Crippen LogP contribution in [0.5, 0.6) is 11.6 Å². The van der Waals surface area contributed by atoms with Crippen molar-refractivity contribution < 1.29 is 9.47 Å². The summed E-state index contributed by atoms with van der Waals surface area (Å²) >= 11 is 13.5. The highest BCUT2D eigenvalue weighted by Crippen LogP contribution is 2.47. The van der Waals surface area contributed by atoms with Gasteiger partial charge in [0.15, 0.2) is 5.11 Å². The van der Waals surface area contributed by atoms with Crippen molar-refractivity contribution in [1.29, 1.82) is 0 Å². The van der Waals surface area contributed by atoms with E-state index in [0.717, 1.165) is 31.9 Å². The zero-order valence-electron chi connectivity index (χ0n) is 14.9. The fourth-order valence-corrected chi connectivity index (χ4v) is 5.18. The Morgan fingerprint density at radius 1 is 1.29 bits per heavy atom. The van der Waals surface area contributed by atoms with Gasteiger partial charge in [0, 0.05) is 22.2 Å². The molecule has 0 bridgehead atoms. The fourth-order valence-electron chi connectivity index (χ4n) is 3.77. The zero-order chi connectivity index (χ0) is 19.3. The average molecular weight is 430 g/mol. The first-order valence-corrected chi connectivity index (χ1v) is 10.3. The third-order valence-corrected chi connectivity index (χ3v) is 6.59.